The maximum Gasteiger partial charge on any atom is 0.184 e. The third-order valence-electron chi connectivity index (χ3n) is 1.82. The number of halogens is 1. The Balaban J connectivity index is 2.63. The van der Waals surface area contributed by atoms with Gasteiger partial charge in [0.05, 0.1) is 6.61 Å². The fourth-order valence-electron chi connectivity index (χ4n) is 1.06. The Hall–Kier alpha value is -0.270. The molecule has 72 valence electrons. The minimum atomic E-state index is -1.99. The molecule has 0 bridgehead atoms. The zero-order chi connectivity index (χ0) is 9.30. The summed E-state index contributed by atoms with van der Waals surface area (Å²) in [5, 5.41) is 35.2. The second kappa shape index (κ2) is 3.63. The van der Waals surface area contributed by atoms with Crippen molar-refractivity contribution in [2.75, 3.05) is 6.61 Å². The standard InChI is InChI=1S/C6H11FO5/c7-3-4(9)2(1-8)12-6(11)5(3)10/h2-6,8-11H,1H2/t2-,3+,4+,5+,6?/m0/s1. The largest absolute Gasteiger partial charge is 0.394 e. The quantitative estimate of drug-likeness (QED) is 0.368. The van der Waals surface area contributed by atoms with Gasteiger partial charge in [0.1, 0.15) is 18.3 Å². The molecule has 1 saturated heterocycles. The predicted octanol–water partition coefficient (Wildman–Crippen LogP) is -2.24. The van der Waals surface area contributed by atoms with Gasteiger partial charge >= 0.3 is 0 Å². The van der Waals surface area contributed by atoms with E-state index in [1.165, 1.54) is 0 Å². The van der Waals surface area contributed by atoms with Gasteiger partial charge in [0.25, 0.3) is 0 Å². The van der Waals surface area contributed by atoms with Crippen molar-refractivity contribution in [3.8, 4) is 0 Å². The number of alkyl halides is 1. The summed E-state index contributed by atoms with van der Waals surface area (Å²) in [7, 11) is 0. The van der Waals surface area contributed by atoms with Crippen LogP contribution in [0.15, 0.2) is 0 Å². The average molecular weight is 182 g/mol. The molecule has 5 nitrogen and oxygen atoms in total. The molecule has 0 spiro atoms. The van der Waals surface area contributed by atoms with Crippen molar-refractivity contribution < 1.29 is 29.6 Å². The van der Waals surface area contributed by atoms with Crippen molar-refractivity contribution in [3.05, 3.63) is 0 Å². The summed E-state index contributed by atoms with van der Waals surface area (Å²) in [6.45, 7) is -0.606. The van der Waals surface area contributed by atoms with Crippen LogP contribution in [0.5, 0.6) is 0 Å². The van der Waals surface area contributed by atoms with Gasteiger partial charge < -0.3 is 25.2 Å². The molecule has 0 aliphatic carbocycles. The van der Waals surface area contributed by atoms with Gasteiger partial charge in [-0.05, 0) is 0 Å². The van der Waals surface area contributed by atoms with E-state index in [2.05, 4.69) is 4.74 Å². The van der Waals surface area contributed by atoms with Crippen LogP contribution in [0.3, 0.4) is 0 Å². The minimum Gasteiger partial charge on any atom is -0.394 e. The van der Waals surface area contributed by atoms with Gasteiger partial charge in [0.2, 0.25) is 0 Å². The van der Waals surface area contributed by atoms with Crippen LogP contribution in [0, 0.1) is 0 Å². The maximum atomic E-state index is 12.8. The summed E-state index contributed by atoms with van der Waals surface area (Å²) in [5.74, 6) is 0. The van der Waals surface area contributed by atoms with Crippen molar-refractivity contribution >= 4 is 0 Å². The Labute approximate surface area is 68.0 Å². The van der Waals surface area contributed by atoms with Gasteiger partial charge in [-0.25, -0.2) is 4.39 Å². The van der Waals surface area contributed by atoms with Crippen molar-refractivity contribution in [1.29, 1.82) is 0 Å². The lowest BCUT2D eigenvalue weighted by Crippen LogP contribution is -2.56. The minimum absolute atomic E-state index is 0.606. The molecule has 0 aromatic heterocycles. The second-order valence-corrected chi connectivity index (χ2v) is 2.67. The Bertz CT molecular complexity index is 150. The first-order valence-electron chi connectivity index (χ1n) is 3.52. The summed E-state index contributed by atoms with van der Waals surface area (Å²) in [6.07, 6.45) is -8.24. The summed E-state index contributed by atoms with van der Waals surface area (Å²) < 4.78 is 17.3. The first-order valence-corrected chi connectivity index (χ1v) is 3.52. The molecule has 1 heterocycles. The lowest BCUT2D eigenvalue weighted by Gasteiger charge is -2.36. The molecule has 1 aliphatic heterocycles. The monoisotopic (exact) mass is 182 g/mol. The van der Waals surface area contributed by atoms with Crippen LogP contribution >= 0.6 is 0 Å². The highest BCUT2D eigenvalue weighted by atomic mass is 19.1. The molecule has 4 N–H and O–H groups in total. The highest BCUT2D eigenvalue weighted by Gasteiger charge is 2.43. The summed E-state index contributed by atoms with van der Waals surface area (Å²) in [5.41, 5.74) is 0. The number of aliphatic hydroxyl groups is 4. The van der Waals surface area contributed by atoms with Crippen molar-refractivity contribution in [2.45, 2.75) is 30.8 Å². The van der Waals surface area contributed by atoms with Gasteiger partial charge in [-0.3, -0.25) is 0 Å². The third kappa shape index (κ3) is 1.57. The molecule has 1 fully saturated rings. The van der Waals surface area contributed by atoms with E-state index in [4.69, 9.17) is 20.4 Å². The van der Waals surface area contributed by atoms with E-state index in [1.54, 1.807) is 0 Å². The molecule has 1 aliphatic rings. The summed E-state index contributed by atoms with van der Waals surface area (Å²) >= 11 is 0. The van der Waals surface area contributed by atoms with E-state index in [-0.39, 0.29) is 0 Å². The highest BCUT2D eigenvalue weighted by molar-refractivity contribution is 4.88. The van der Waals surface area contributed by atoms with E-state index in [0.29, 0.717) is 0 Å². The fourth-order valence-corrected chi connectivity index (χ4v) is 1.06. The molecule has 0 saturated carbocycles. The second-order valence-electron chi connectivity index (χ2n) is 2.67. The molecule has 1 rings (SSSR count). The number of ether oxygens (including phenoxy) is 1. The summed E-state index contributed by atoms with van der Waals surface area (Å²) in [4.78, 5) is 0. The lowest BCUT2D eigenvalue weighted by molar-refractivity contribution is -0.274. The van der Waals surface area contributed by atoms with Gasteiger partial charge in [-0.15, -0.1) is 0 Å². The van der Waals surface area contributed by atoms with Crippen LogP contribution in [0.4, 0.5) is 4.39 Å². The van der Waals surface area contributed by atoms with Gasteiger partial charge in [-0.2, -0.15) is 0 Å². The zero-order valence-electron chi connectivity index (χ0n) is 6.17. The van der Waals surface area contributed by atoms with E-state index in [1.807, 2.05) is 0 Å². The lowest BCUT2D eigenvalue weighted by atomic mass is 10.0. The van der Waals surface area contributed by atoms with Crippen LogP contribution in [0.1, 0.15) is 0 Å². The van der Waals surface area contributed by atoms with Gasteiger partial charge in [-0.1, -0.05) is 0 Å². The molecule has 0 aromatic carbocycles. The normalized spacial score (nSPS) is 49.2. The smallest absolute Gasteiger partial charge is 0.184 e. The molecular weight excluding hydrogens is 171 g/mol. The Kier molecular flexibility index (Phi) is 2.97. The van der Waals surface area contributed by atoms with E-state index in [0.717, 1.165) is 0 Å². The van der Waals surface area contributed by atoms with Gasteiger partial charge in [0, 0.05) is 0 Å². The van der Waals surface area contributed by atoms with E-state index < -0.39 is 37.4 Å². The number of rotatable bonds is 1. The predicted molar refractivity (Wildman–Crippen MR) is 34.9 cm³/mol. The van der Waals surface area contributed by atoms with E-state index >= 15 is 0 Å². The van der Waals surface area contributed by atoms with Crippen molar-refractivity contribution in [1.82, 2.24) is 0 Å². The Morgan fingerprint density at radius 2 is 1.75 bits per heavy atom. The number of aliphatic hydroxyl groups excluding tert-OH is 4. The van der Waals surface area contributed by atoms with E-state index in [9.17, 15) is 4.39 Å². The fraction of sp³-hybridized carbons (Fsp3) is 1.00. The first kappa shape index (κ1) is 9.82. The molecule has 0 radical (unpaired) electrons. The molecule has 6 heteroatoms. The molecule has 0 amide bonds. The highest BCUT2D eigenvalue weighted by Crippen LogP contribution is 2.21. The summed E-state index contributed by atoms with van der Waals surface area (Å²) in [6, 6.07) is 0. The van der Waals surface area contributed by atoms with Crippen LogP contribution in [0.25, 0.3) is 0 Å². The molecule has 0 aromatic rings. The van der Waals surface area contributed by atoms with Crippen molar-refractivity contribution in [2.24, 2.45) is 0 Å². The topological polar surface area (TPSA) is 90.2 Å². The Morgan fingerprint density at radius 3 is 2.25 bits per heavy atom. The van der Waals surface area contributed by atoms with Crippen molar-refractivity contribution in [3.63, 3.8) is 0 Å². The average Bonchev–Trinajstić information content (AvgIpc) is 2.08. The third-order valence-corrected chi connectivity index (χ3v) is 1.82. The molecular formula is C6H11FO5. The zero-order valence-corrected chi connectivity index (χ0v) is 6.17. The number of hydrogen-bond acceptors (Lipinski definition) is 5. The van der Waals surface area contributed by atoms with Crippen LogP contribution in [0.2, 0.25) is 0 Å². The maximum absolute atomic E-state index is 12.8. The molecule has 5 atom stereocenters. The Morgan fingerprint density at radius 1 is 1.17 bits per heavy atom. The van der Waals surface area contributed by atoms with Crippen LogP contribution < -0.4 is 0 Å². The molecule has 12 heavy (non-hydrogen) atoms. The molecule has 1 unspecified atom stereocenters. The first-order chi connectivity index (χ1) is 5.57. The SMILES string of the molecule is OC[C@@H]1OC(O)[C@H](O)[C@H](F)[C@@H]1O. The van der Waals surface area contributed by atoms with Gasteiger partial charge in [0.15, 0.2) is 12.5 Å². The van der Waals surface area contributed by atoms with Crippen LogP contribution in [-0.4, -0.2) is 57.8 Å². The van der Waals surface area contributed by atoms with Crippen LogP contribution in [-0.2, 0) is 4.74 Å². The number of hydrogen-bond donors (Lipinski definition) is 4.